The van der Waals surface area contributed by atoms with Gasteiger partial charge in [-0.25, -0.2) is 9.97 Å². The first-order valence-corrected chi connectivity index (χ1v) is 6.60. The van der Waals surface area contributed by atoms with E-state index in [1.807, 2.05) is 12.1 Å². The van der Waals surface area contributed by atoms with Crippen LogP contribution in [0.3, 0.4) is 0 Å². The summed E-state index contributed by atoms with van der Waals surface area (Å²) < 4.78 is 5.75. The summed E-state index contributed by atoms with van der Waals surface area (Å²) in [6, 6.07) is 8.19. The number of rotatable bonds is 3. The highest BCUT2D eigenvalue weighted by Crippen LogP contribution is 2.18. The Morgan fingerprint density at radius 1 is 1.16 bits per heavy atom. The third kappa shape index (κ3) is 2.90. The van der Waals surface area contributed by atoms with Gasteiger partial charge in [-0.2, -0.15) is 0 Å². The molecule has 1 aliphatic heterocycles. The van der Waals surface area contributed by atoms with E-state index in [0.29, 0.717) is 0 Å². The number of aromatic nitrogens is 2. The van der Waals surface area contributed by atoms with Crippen LogP contribution in [0.4, 0.5) is 0 Å². The van der Waals surface area contributed by atoms with Crippen molar-refractivity contribution in [3.05, 3.63) is 42.2 Å². The zero-order chi connectivity index (χ0) is 13.1. The summed E-state index contributed by atoms with van der Waals surface area (Å²) >= 11 is 0. The third-order valence-corrected chi connectivity index (χ3v) is 3.23. The minimum atomic E-state index is 0.105. The topological polar surface area (TPSA) is 47.0 Å². The molecule has 0 bridgehead atoms. The van der Waals surface area contributed by atoms with Crippen LogP contribution in [0.1, 0.15) is 18.4 Å². The molecule has 1 unspecified atom stereocenters. The molecule has 1 aromatic heterocycles. The normalized spacial score (nSPS) is 18.5. The van der Waals surface area contributed by atoms with E-state index in [1.54, 1.807) is 12.4 Å². The van der Waals surface area contributed by atoms with Crippen LogP contribution in [0, 0.1) is 6.92 Å². The number of ether oxygens (including phenoxy) is 1. The molecule has 4 heteroatoms. The van der Waals surface area contributed by atoms with E-state index in [4.69, 9.17) is 4.74 Å². The second-order valence-electron chi connectivity index (χ2n) is 4.81. The van der Waals surface area contributed by atoms with Gasteiger partial charge in [-0.3, -0.25) is 5.32 Å². The molecule has 4 nitrogen and oxygen atoms in total. The van der Waals surface area contributed by atoms with Gasteiger partial charge in [0.2, 0.25) is 0 Å². The Kier molecular flexibility index (Phi) is 3.42. The fourth-order valence-corrected chi connectivity index (χ4v) is 2.15. The van der Waals surface area contributed by atoms with Gasteiger partial charge in [0.25, 0.3) is 0 Å². The number of hydrogen-bond acceptors (Lipinski definition) is 4. The van der Waals surface area contributed by atoms with Crippen LogP contribution in [0.25, 0.3) is 11.4 Å². The minimum absolute atomic E-state index is 0.105. The molecular formula is C15H17N3O. The van der Waals surface area contributed by atoms with Gasteiger partial charge in [0.05, 0.1) is 12.4 Å². The van der Waals surface area contributed by atoms with E-state index in [1.165, 1.54) is 5.56 Å². The Hall–Kier alpha value is -1.94. The largest absolute Gasteiger partial charge is 0.472 e. The Morgan fingerprint density at radius 3 is 2.53 bits per heavy atom. The second kappa shape index (κ2) is 5.36. The lowest BCUT2D eigenvalue weighted by Gasteiger charge is -2.12. The Balaban J connectivity index is 1.72. The maximum Gasteiger partial charge on any atom is 0.159 e. The first-order valence-electron chi connectivity index (χ1n) is 6.60. The van der Waals surface area contributed by atoms with Crippen molar-refractivity contribution in [2.24, 2.45) is 0 Å². The average Bonchev–Trinajstić information content (AvgIpc) is 2.94. The van der Waals surface area contributed by atoms with Gasteiger partial charge < -0.3 is 4.74 Å². The molecule has 3 rings (SSSR count). The Morgan fingerprint density at radius 2 is 1.89 bits per heavy atom. The van der Waals surface area contributed by atoms with Crippen LogP contribution in [-0.2, 0) is 0 Å². The Labute approximate surface area is 112 Å². The first-order chi connectivity index (χ1) is 9.31. The monoisotopic (exact) mass is 255 g/mol. The van der Waals surface area contributed by atoms with Crippen LogP contribution in [0.2, 0.25) is 0 Å². The quantitative estimate of drug-likeness (QED) is 0.915. The molecule has 0 amide bonds. The molecule has 0 spiro atoms. The van der Waals surface area contributed by atoms with Crippen molar-refractivity contribution < 1.29 is 4.74 Å². The Bertz CT molecular complexity index is 530. The molecule has 1 aromatic carbocycles. The molecule has 19 heavy (non-hydrogen) atoms. The lowest BCUT2D eigenvalue weighted by atomic mass is 10.1. The molecule has 1 atom stereocenters. The molecule has 0 radical (unpaired) electrons. The molecule has 1 saturated heterocycles. The molecule has 1 N–H and O–H groups in total. The number of aryl methyl sites for hydroxylation is 1. The SMILES string of the molecule is Cc1ccc(-c2ncc(OC3CCCN3)cn2)cc1. The third-order valence-electron chi connectivity index (χ3n) is 3.23. The first kappa shape index (κ1) is 12.1. The maximum absolute atomic E-state index is 5.75. The molecule has 2 heterocycles. The van der Waals surface area contributed by atoms with Gasteiger partial charge in [0.15, 0.2) is 11.6 Å². The summed E-state index contributed by atoms with van der Waals surface area (Å²) in [5.41, 5.74) is 2.26. The van der Waals surface area contributed by atoms with Crippen LogP contribution in [0.15, 0.2) is 36.7 Å². The minimum Gasteiger partial charge on any atom is -0.472 e. The molecule has 98 valence electrons. The maximum atomic E-state index is 5.75. The summed E-state index contributed by atoms with van der Waals surface area (Å²) in [7, 11) is 0. The molecule has 2 aromatic rings. The van der Waals surface area contributed by atoms with E-state index in [-0.39, 0.29) is 6.23 Å². The van der Waals surface area contributed by atoms with E-state index in [2.05, 4.69) is 34.3 Å². The summed E-state index contributed by atoms with van der Waals surface area (Å²) in [6.07, 6.45) is 5.78. The fraction of sp³-hybridized carbons (Fsp3) is 0.333. The van der Waals surface area contributed by atoms with E-state index in [0.717, 1.165) is 36.5 Å². The highest BCUT2D eigenvalue weighted by atomic mass is 16.5. The highest BCUT2D eigenvalue weighted by Gasteiger charge is 2.15. The zero-order valence-corrected chi connectivity index (χ0v) is 11.0. The summed E-state index contributed by atoms with van der Waals surface area (Å²) in [5.74, 6) is 1.45. The van der Waals surface area contributed by atoms with Gasteiger partial charge in [-0.1, -0.05) is 29.8 Å². The second-order valence-corrected chi connectivity index (χ2v) is 4.81. The van der Waals surface area contributed by atoms with E-state index in [9.17, 15) is 0 Å². The van der Waals surface area contributed by atoms with Crippen molar-refractivity contribution in [1.82, 2.24) is 15.3 Å². The zero-order valence-electron chi connectivity index (χ0n) is 11.0. The molecule has 0 saturated carbocycles. The summed E-state index contributed by atoms with van der Waals surface area (Å²) in [6.45, 7) is 3.09. The lowest BCUT2D eigenvalue weighted by Crippen LogP contribution is -2.27. The number of benzene rings is 1. The fourth-order valence-electron chi connectivity index (χ4n) is 2.15. The molecule has 1 aliphatic rings. The predicted molar refractivity (Wildman–Crippen MR) is 73.9 cm³/mol. The summed E-state index contributed by atoms with van der Waals surface area (Å²) in [4.78, 5) is 8.71. The van der Waals surface area contributed by atoms with Crippen LogP contribution < -0.4 is 10.1 Å². The highest BCUT2D eigenvalue weighted by molar-refractivity contribution is 5.55. The lowest BCUT2D eigenvalue weighted by molar-refractivity contribution is 0.186. The van der Waals surface area contributed by atoms with Crippen molar-refractivity contribution in [1.29, 1.82) is 0 Å². The molecular weight excluding hydrogens is 238 g/mol. The number of hydrogen-bond donors (Lipinski definition) is 1. The van der Waals surface area contributed by atoms with Crippen molar-refractivity contribution in [3.63, 3.8) is 0 Å². The van der Waals surface area contributed by atoms with E-state index < -0.39 is 0 Å². The van der Waals surface area contributed by atoms with Crippen LogP contribution in [0.5, 0.6) is 5.75 Å². The standard InChI is InChI=1S/C15H17N3O/c1-11-4-6-12(7-5-11)15-17-9-13(10-18-15)19-14-3-2-8-16-14/h4-7,9-10,14,16H,2-3,8H2,1H3. The molecule has 1 fully saturated rings. The number of nitrogens with one attached hydrogen (secondary N) is 1. The molecule has 0 aliphatic carbocycles. The van der Waals surface area contributed by atoms with E-state index >= 15 is 0 Å². The van der Waals surface area contributed by atoms with Gasteiger partial charge >= 0.3 is 0 Å². The number of nitrogens with zero attached hydrogens (tertiary/aromatic N) is 2. The van der Waals surface area contributed by atoms with Gasteiger partial charge in [0.1, 0.15) is 6.23 Å². The summed E-state index contributed by atoms with van der Waals surface area (Å²) in [5, 5.41) is 3.28. The predicted octanol–water partition coefficient (Wildman–Crippen LogP) is 2.54. The van der Waals surface area contributed by atoms with Gasteiger partial charge in [-0.15, -0.1) is 0 Å². The smallest absolute Gasteiger partial charge is 0.159 e. The van der Waals surface area contributed by atoms with Crippen molar-refractivity contribution in [2.75, 3.05) is 6.54 Å². The average molecular weight is 255 g/mol. The van der Waals surface area contributed by atoms with Crippen LogP contribution >= 0.6 is 0 Å². The van der Waals surface area contributed by atoms with Gasteiger partial charge in [0, 0.05) is 5.56 Å². The van der Waals surface area contributed by atoms with Crippen molar-refractivity contribution in [3.8, 4) is 17.1 Å². The van der Waals surface area contributed by atoms with Crippen LogP contribution in [-0.4, -0.2) is 22.7 Å². The van der Waals surface area contributed by atoms with Crippen molar-refractivity contribution >= 4 is 0 Å². The van der Waals surface area contributed by atoms with Crippen molar-refractivity contribution in [2.45, 2.75) is 26.0 Å². The van der Waals surface area contributed by atoms with Gasteiger partial charge in [-0.05, 0) is 26.3 Å².